The van der Waals surface area contributed by atoms with Gasteiger partial charge in [0, 0.05) is 6.04 Å². The highest BCUT2D eigenvalue weighted by Gasteiger charge is 2.21. The summed E-state index contributed by atoms with van der Waals surface area (Å²) in [7, 11) is 0. The lowest BCUT2D eigenvalue weighted by Gasteiger charge is -2.24. The normalized spacial score (nSPS) is 29.0. The second-order valence-corrected chi connectivity index (χ2v) is 3.66. The molecule has 0 atom stereocenters. The molecule has 0 aromatic carbocycles. The van der Waals surface area contributed by atoms with Gasteiger partial charge in [-0.1, -0.05) is 0 Å². The van der Waals surface area contributed by atoms with Crippen LogP contribution in [0.4, 0.5) is 5.82 Å². The lowest BCUT2D eigenvalue weighted by molar-refractivity contribution is 0.281. The van der Waals surface area contributed by atoms with Crippen molar-refractivity contribution >= 4 is 5.82 Å². The molecule has 13 heavy (non-hydrogen) atoms. The van der Waals surface area contributed by atoms with Crippen molar-refractivity contribution in [1.82, 2.24) is 15.0 Å². The summed E-state index contributed by atoms with van der Waals surface area (Å²) in [5.74, 6) is 0.495. The van der Waals surface area contributed by atoms with E-state index in [1.54, 1.807) is 11.0 Å². The van der Waals surface area contributed by atoms with Gasteiger partial charge in [0.2, 0.25) is 0 Å². The highest BCUT2D eigenvalue weighted by atomic mass is 15.5. The van der Waals surface area contributed by atoms with Gasteiger partial charge in [-0.05, 0) is 25.7 Å². The van der Waals surface area contributed by atoms with E-state index >= 15 is 0 Å². The molecule has 5 heteroatoms. The molecule has 4 N–H and O–H groups in total. The minimum absolute atomic E-state index is 0.365. The van der Waals surface area contributed by atoms with E-state index in [9.17, 15) is 0 Å². The molecule has 0 saturated heterocycles. The van der Waals surface area contributed by atoms with Gasteiger partial charge in [-0.3, -0.25) is 0 Å². The zero-order valence-electron chi connectivity index (χ0n) is 7.56. The Morgan fingerprint density at radius 2 is 2.00 bits per heavy atom. The number of nitrogens with zero attached hydrogens (tertiary/aromatic N) is 3. The Morgan fingerprint density at radius 1 is 1.31 bits per heavy atom. The van der Waals surface area contributed by atoms with Crippen molar-refractivity contribution in [2.45, 2.75) is 37.8 Å². The van der Waals surface area contributed by atoms with Gasteiger partial charge in [0.25, 0.3) is 0 Å². The summed E-state index contributed by atoms with van der Waals surface area (Å²) in [6.45, 7) is 0. The van der Waals surface area contributed by atoms with Gasteiger partial charge in [0.1, 0.15) is 0 Å². The fraction of sp³-hybridized carbons (Fsp3) is 0.750. The average molecular weight is 181 g/mol. The first-order valence-corrected chi connectivity index (χ1v) is 4.68. The minimum atomic E-state index is 0.365. The van der Waals surface area contributed by atoms with Crippen LogP contribution in [0.1, 0.15) is 31.7 Å². The second kappa shape index (κ2) is 3.33. The van der Waals surface area contributed by atoms with E-state index in [1.807, 2.05) is 0 Å². The third-order valence-electron chi connectivity index (χ3n) is 2.59. The van der Waals surface area contributed by atoms with Gasteiger partial charge < -0.3 is 11.5 Å². The maximum absolute atomic E-state index is 5.81. The number of rotatable bonds is 1. The van der Waals surface area contributed by atoms with Crippen LogP contribution < -0.4 is 11.5 Å². The Bertz CT molecular complexity index is 274. The smallest absolute Gasteiger partial charge is 0.165 e. The molecule has 0 unspecified atom stereocenters. The van der Waals surface area contributed by atoms with Gasteiger partial charge in [-0.25, -0.2) is 0 Å². The van der Waals surface area contributed by atoms with Gasteiger partial charge in [0.15, 0.2) is 5.82 Å². The molecule has 1 aliphatic carbocycles. The van der Waals surface area contributed by atoms with Crippen LogP contribution in [0.5, 0.6) is 0 Å². The van der Waals surface area contributed by atoms with Gasteiger partial charge in [-0.2, -0.15) is 9.90 Å². The summed E-state index contributed by atoms with van der Waals surface area (Å²) >= 11 is 0. The molecule has 1 aromatic rings. The quantitative estimate of drug-likeness (QED) is 0.653. The van der Waals surface area contributed by atoms with Crippen molar-refractivity contribution in [3.8, 4) is 0 Å². The third kappa shape index (κ3) is 1.80. The summed E-state index contributed by atoms with van der Waals surface area (Å²) in [5, 5.41) is 8.21. The molecule has 1 saturated carbocycles. The fourth-order valence-corrected chi connectivity index (χ4v) is 1.80. The molecule has 2 rings (SSSR count). The highest BCUT2D eigenvalue weighted by Crippen LogP contribution is 2.26. The Hall–Kier alpha value is -1.10. The van der Waals surface area contributed by atoms with Crippen LogP contribution in [0.2, 0.25) is 0 Å². The molecule has 72 valence electrons. The summed E-state index contributed by atoms with van der Waals surface area (Å²) in [6, 6.07) is 0.765. The topological polar surface area (TPSA) is 82.8 Å². The molecule has 1 aliphatic rings. The lowest BCUT2D eigenvalue weighted by atomic mass is 9.92. The first-order valence-electron chi connectivity index (χ1n) is 4.68. The Labute approximate surface area is 77.1 Å². The standard InChI is InChI=1S/C8H15N5/c9-6-1-3-7(4-2-6)13-11-5-8(10)12-13/h5-7H,1-4,9H2,(H2,10,12). The Kier molecular flexibility index (Phi) is 2.18. The van der Waals surface area contributed by atoms with Crippen LogP contribution >= 0.6 is 0 Å². The van der Waals surface area contributed by atoms with E-state index in [2.05, 4.69) is 10.2 Å². The SMILES string of the molecule is Nc1cnn(C2CCC(N)CC2)n1. The monoisotopic (exact) mass is 181 g/mol. The molecule has 5 nitrogen and oxygen atoms in total. The number of hydrogen-bond acceptors (Lipinski definition) is 4. The van der Waals surface area contributed by atoms with Crippen molar-refractivity contribution in [2.75, 3.05) is 5.73 Å². The molecule has 0 radical (unpaired) electrons. The van der Waals surface area contributed by atoms with Crippen LogP contribution in [0.3, 0.4) is 0 Å². The molecule has 0 aliphatic heterocycles. The van der Waals surface area contributed by atoms with Crippen molar-refractivity contribution in [1.29, 1.82) is 0 Å². The summed E-state index contributed by atoms with van der Waals surface area (Å²) in [4.78, 5) is 1.72. The molecular weight excluding hydrogens is 166 g/mol. The summed E-state index contributed by atoms with van der Waals surface area (Å²) in [5.41, 5.74) is 11.3. The first-order chi connectivity index (χ1) is 6.25. The molecule has 1 heterocycles. The fourth-order valence-electron chi connectivity index (χ4n) is 1.80. The van der Waals surface area contributed by atoms with E-state index in [0.717, 1.165) is 25.7 Å². The van der Waals surface area contributed by atoms with Crippen molar-refractivity contribution in [3.05, 3.63) is 6.20 Å². The zero-order valence-corrected chi connectivity index (χ0v) is 7.56. The van der Waals surface area contributed by atoms with Crippen LogP contribution in [0, 0.1) is 0 Å². The van der Waals surface area contributed by atoms with Crippen LogP contribution in [-0.2, 0) is 0 Å². The van der Waals surface area contributed by atoms with Crippen molar-refractivity contribution in [3.63, 3.8) is 0 Å². The van der Waals surface area contributed by atoms with Crippen LogP contribution in [-0.4, -0.2) is 21.0 Å². The van der Waals surface area contributed by atoms with E-state index in [-0.39, 0.29) is 0 Å². The second-order valence-electron chi connectivity index (χ2n) is 3.66. The van der Waals surface area contributed by atoms with E-state index < -0.39 is 0 Å². The number of nitrogens with two attached hydrogens (primary N) is 2. The van der Waals surface area contributed by atoms with Crippen molar-refractivity contribution < 1.29 is 0 Å². The Morgan fingerprint density at radius 3 is 2.54 bits per heavy atom. The first kappa shape index (κ1) is 8.50. The lowest BCUT2D eigenvalue weighted by Crippen LogP contribution is -2.28. The summed E-state index contributed by atoms with van der Waals surface area (Å²) in [6.07, 6.45) is 5.84. The summed E-state index contributed by atoms with van der Waals surface area (Å²) < 4.78 is 0. The van der Waals surface area contributed by atoms with Crippen molar-refractivity contribution in [2.24, 2.45) is 5.73 Å². The number of hydrogen-bond donors (Lipinski definition) is 2. The molecule has 0 spiro atoms. The zero-order chi connectivity index (χ0) is 9.26. The van der Waals surface area contributed by atoms with E-state index in [4.69, 9.17) is 11.5 Å². The third-order valence-corrected chi connectivity index (χ3v) is 2.59. The average Bonchev–Trinajstić information content (AvgIpc) is 2.53. The molecule has 0 bridgehead atoms. The largest absolute Gasteiger partial charge is 0.381 e. The number of nitrogen functional groups attached to an aromatic ring is 1. The molecule has 1 fully saturated rings. The van der Waals surface area contributed by atoms with Gasteiger partial charge >= 0.3 is 0 Å². The number of aromatic nitrogens is 3. The maximum atomic E-state index is 5.81. The minimum Gasteiger partial charge on any atom is -0.381 e. The van der Waals surface area contributed by atoms with Gasteiger partial charge in [-0.15, -0.1) is 5.10 Å². The predicted molar refractivity (Wildman–Crippen MR) is 49.9 cm³/mol. The Balaban J connectivity index is 2.02. The van der Waals surface area contributed by atoms with E-state index in [1.165, 1.54) is 0 Å². The molecule has 1 aromatic heterocycles. The highest BCUT2D eigenvalue weighted by molar-refractivity contribution is 5.19. The van der Waals surface area contributed by atoms with Crippen LogP contribution in [0.25, 0.3) is 0 Å². The molecular formula is C8H15N5. The maximum Gasteiger partial charge on any atom is 0.165 e. The van der Waals surface area contributed by atoms with E-state index in [0.29, 0.717) is 17.9 Å². The van der Waals surface area contributed by atoms with Gasteiger partial charge in [0.05, 0.1) is 12.2 Å². The van der Waals surface area contributed by atoms with Crippen LogP contribution in [0.15, 0.2) is 6.20 Å². The molecule has 0 amide bonds. The number of anilines is 1. The predicted octanol–water partition coefficient (Wildman–Crippen LogP) is 0.303.